The first-order chi connectivity index (χ1) is 13.1. The lowest BCUT2D eigenvalue weighted by Crippen LogP contribution is -2.11. The molecular weight excluding hydrogens is 401 g/mol. The van der Waals surface area contributed by atoms with Crippen LogP contribution in [0.15, 0.2) is 57.4 Å². The van der Waals surface area contributed by atoms with Gasteiger partial charge in [0.1, 0.15) is 5.82 Å². The molecule has 0 fully saturated rings. The Kier molecular flexibility index (Phi) is 5.54. The molecule has 148 valence electrons. The molecule has 0 spiro atoms. The Morgan fingerprint density at radius 3 is 2.39 bits per heavy atom. The normalized spacial score (nSPS) is 12.9. The van der Waals surface area contributed by atoms with Crippen LogP contribution in [-0.4, -0.2) is 32.2 Å². The van der Waals surface area contributed by atoms with Gasteiger partial charge >= 0.3 is 5.97 Å². The van der Waals surface area contributed by atoms with Crippen molar-refractivity contribution in [1.29, 1.82) is 0 Å². The Balaban J connectivity index is 2.11. The molecule has 0 N–H and O–H groups in total. The van der Waals surface area contributed by atoms with Crippen molar-refractivity contribution in [1.82, 2.24) is 4.40 Å². The zero-order valence-corrected chi connectivity index (χ0v) is 17.5. The summed E-state index contributed by atoms with van der Waals surface area (Å²) in [6.45, 7) is 3.64. The Labute approximate surface area is 167 Å². The average Bonchev–Trinajstić information content (AvgIpc) is 2.91. The fraction of sp³-hybridized carbons (Fsp3) is 0.250. The Hall–Kier alpha value is -2.32. The molecule has 1 aromatic carbocycles. The number of methoxy groups -OCH3 is 1. The highest BCUT2D eigenvalue weighted by Crippen LogP contribution is 2.39. The van der Waals surface area contributed by atoms with Crippen molar-refractivity contribution in [3.8, 4) is 0 Å². The molecule has 1 atom stereocenters. The van der Waals surface area contributed by atoms with Gasteiger partial charge < -0.3 is 9.14 Å². The molecule has 0 amide bonds. The van der Waals surface area contributed by atoms with E-state index in [4.69, 9.17) is 4.74 Å². The molecule has 3 aromatic rings. The lowest BCUT2D eigenvalue weighted by Gasteiger charge is -2.10. The van der Waals surface area contributed by atoms with Crippen LogP contribution in [0.3, 0.4) is 0 Å². The number of carbonyl (C=O) groups excluding carboxylic acids is 1. The quantitative estimate of drug-likeness (QED) is 0.577. The second kappa shape index (κ2) is 7.60. The van der Waals surface area contributed by atoms with Crippen LogP contribution in [0.25, 0.3) is 5.52 Å². The number of esters is 1. The summed E-state index contributed by atoms with van der Waals surface area (Å²) in [6.07, 6.45) is 2.53. The van der Waals surface area contributed by atoms with Crippen molar-refractivity contribution in [3.05, 3.63) is 59.5 Å². The maximum absolute atomic E-state index is 13.9. The lowest BCUT2D eigenvalue weighted by molar-refractivity contribution is -0.141. The molecule has 0 aliphatic heterocycles. The van der Waals surface area contributed by atoms with Crippen LogP contribution in [-0.2, 0) is 19.4 Å². The molecule has 3 rings (SSSR count). The molecule has 5 nitrogen and oxygen atoms in total. The predicted octanol–water partition coefficient (Wildman–Crippen LogP) is 4.22. The number of nitrogens with zero attached hydrogens (tertiary/aromatic N) is 1. The van der Waals surface area contributed by atoms with E-state index in [0.29, 0.717) is 0 Å². The number of ether oxygens (including phenoxy) is 1. The number of carbonyl (C=O) groups is 1. The third-order valence-electron chi connectivity index (χ3n) is 4.59. The molecule has 0 bridgehead atoms. The molecule has 0 aliphatic carbocycles. The monoisotopic (exact) mass is 421 g/mol. The van der Waals surface area contributed by atoms with E-state index >= 15 is 0 Å². The van der Waals surface area contributed by atoms with Crippen molar-refractivity contribution in [3.63, 3.8) is 0 Å². The summed E-state index contributed by atoms with van der Waals surface area (Å²) < 4.78 is 43.8. The van der Waals surface area contributed by atoms with Gasteiger partial charge in [-0.3, -0.25) is 4.79 Å². The summed E-state index contributed by atoms with van der Waals surface area (Å²) in [5, 5.41) is 0.757. The second-order valence-electron chi connectivity index (χ2n) is 6.54. The molecule has 0 saturated carbocycles. The molecule has 2 heterocycles. The molecule has 28 heavy (non-hydrogen) atoms. The van der Waals surface area contributed by atoms with E-state index in [0.717, 1.165) is 32.8 Å². The minimum Gasteiger partial charge on any atom is -0.469 e. The summed E-state index contributed by atoms with van der Waals surface area (Å²) in [5.41, 5.74) is 2.36. The van der Waals surface area contributed by atoms with Gasteiger partial charge in [-0.1, -0.05) is 11.8 Å². The molecule has 2 aromatic heterocycles. The first-order valence-corrected chi connectivity index (χ1v) is 11.2. The van der Waals surface area contributed by atoms with Crippen LogP contribution in [0.2, 0.25) is 0 Å². The summed E-state index contributed by atoms with van der Waals surface area (Å²) in [7, 11) is -1.94. The SMILES string of the molecule is COC(=O)[C@H](C)c1c(C)c(Sc2ccc(S(C)(=O)=O)cc2)n2cc(F)ccc12. The van der Waals surface area contributed by atoms with E-state index < -0.39 is 21.6 Å². The van der Waals surface area contributed by atoms with Crippen LogP contribution in [0.5, 0.6) is 0 Å². The zero-order chi connectivity index (χ0) is 20.6. The minimum absolute atomic E-state index is 0.236. The molecule has 0 unspecified atom stereocenters. The number of aromatic nitrogens is 1. The minimum atomic E-state index is -3.28. The second-order valence-corrected chi connectivity index (χ2v) is 9.61. The number of hydrogen-bond donors (Lipinski definition) is 0. The van der Waals surface area contributed by atoms with Gasteiger partial charge in [-0.15, -0.1) is 0 Å². The molecule has 0 aliphatic rings. The van der Waals surface area contributed by atoms with Crippen molar-refractivity contribution in [2.24, 2.45) is 0 Å². The van der Waals surface area contributed by atoms with Crippen LogP contribution in [0.1, 0.15) is 24.0 Å². The van der Waals surface area contributed by atoms with Crippen molar-refractivity contribution in [2.75, 3.05) is 13.4 Å². The van der Waals surface area contributed by atoms with E-state index in [9.17, 15) is 17.6 Å². The number of fused-ring (bicyclic) bond motifs is 1. The van der Waals surface area contributed by atoms with E-state index in [2.05, 4.69) is 0 Å². The topological polar surface area (TPSA) is 64.9 Å². The number of halogens is 1. The van der Waals surface area contributed by atoms with Gasteiger partial charge in [0, 0.05) is 17.3 Å². The third kappa shape index (κ3) is 3.79. The third-order valence-corrected chi connectivity index (χ3v) is 6.92. The molecule has 0 radical (unpaired) electrons. The molecular formula is C20H20FNO4S2. The van der Waals surface area contributed by atoms with Gasteiger partial charge in [0.05, 0.1) is 28.5 Å². The van der Waals surface area contributed by atoms with Gasteiger partial charge in [-0.25, -0.2) is 12.8 Å². The number of hydrogen-bond acceptors (Lipinski definition) is 5. The van der Waals surface area contributed by atoms with Gasteiger partial charge in [0.25, 0.3) is 0 Å². The number of pyridine rings is 1. The van der Waals surface area contributed by atoms with Crippen molar-refractivity contribution in [2.45, 2.75) is 34.6 Å². The van der Waals surface area contributed by atoms with E-state index in [-0.39, 0.29) is 10.9 Å². The number of benzene rings is 1. The molecule has 0 saturated heterocycles. The maximum atomic E-state index is 13.9. The highest BCUT2D eigenvalue weighted by Gasteiger charge is 2.25. The first kappa shape index (κ1) is 20.4. The number of sulfone groups is 1. The van der Waals surface area contributed by atoms with Crippen LogP contribution in [0.4, 0.5) is 4.39 Å². The summed E-state index contributed by atoms with van der Waals surface area (Å²) in [5.74, 6) is -1.27. The van der Waals surface area contributed by atoms with Crippen LogP contribution in [0, 0.1) is 12.7 Å². The average molecular weight is 422 g/mol. The summed E-state index contributed by atoms with van der Waals surface area (Å²) >= 11 is 1.38. The zero-order valence-electron chi connectivity index (χ0n) is 15.9. The first-order valence-electron chi connectivity index (χ1n) is 8.49. The largest absolute Gasteiger partial charge is 0.469 e. The summed E-state index contributed by atoms with van der Waals surface area (Å²) in [6, 6.07) is 9.51. The smallest absolute Gasteiger partial charge is 0.312 e. The molecule has 8 heteroatoms. The van der Waals surface area contributed by atoms with Crippen LogP contribution >= 0.6 is 11.8 Å². The van der Waals surface area contributed by atoms with Gasteiger partial charge in [-0.2, -0.15) is 0 Å². The van der Waals surface area contributed by atoms with Gasteiger partial charge in [0.15, 0.2) is 9.84 Å². The van der Waals surface area contributed by atoms with E-state index in [1.54, 1.807) is 41.7 Å². The van der Waals surface area contributed by atoms with Crippen LogP contribution < -0.4 is 0 Å². The Morgan fingerprint density at radius 2 is 1.82 bits per heavy atom. The Bertz CT molecular complexity index is 1150. The van der Waals surface area contributed by atoms with E-state index in [1.807, 2.05) is 6.92 Å². The highest BCUT2D eigenvalue weighted by atomic mass is 32.2. The van der Waals surface area contributed by atoms with E-state index in [1.165, 1.54) is 31.1 Å². The number of rotatable bonds is 5. The highest BCUT2D eigenvalue weighted by molar-refractivity contribution is 7.99. The Morgan fingerprint density at radius 1 is 1.18 bits per heavy atom. The maximum Gasteiger partial charge on any atom is 0.312 e. The van der Waals surface area contributed by atoms with Crippen molar-refractivity contribution >= 4 is 33.1 Å². The standard InChI is InChI=1S/C20H20FNO4S2/c1-12-18(13(2)20(23)26-3)17-10-5-14(21)11-22(17)19(12)27-15-6-8-16(9-7-15)28(4,24)25/h5-11,13H,1-4H3/t13-/m1/s1. The summed E-state index contributed by atoms with van der Waals surface area (Å²) in [4.78, 5) is 13.1. The fourth-order valence-corrected chi connectivity index (χ4v) is 4.82. The fourth-order valence-electron chi connectivity index (χ4n) is 3.18. The van der Waals surface area contributed by atoms with Gasteiger partial charge in [-0.05, 0) is 61.4 Å². The van der Waals surface area contributed by atoms with Crippen molar-refractivity contribution < 1.29 is 22.3 Å². The van der Waals surface area contributed by atoms with Gasteiger partial charge in [0.2, 0.25) is 0 Å². The lowest BCUT2D eigenvalue weighted by atomic mass is 9.99. The predicted molar refractivity (Wildman–Crippen MR) is 106 cm³/mol.